The van der Waals surface area contributed by atoms with Gasteiger partial charge in [-0.15, -0.1) is 11.3 Å². The minimum Gasteiger partial charge on any atom is -0.468 e. The van der Waals surface area contributed by atoms with E-state index >= 15 is 0 Å². The number of carbonyl (C=O) groups is 1. The third-order valence-corrected chi connectivity index (χ3v) is 5.71. The molecule has 2 aromatic heterocycles. The van der Waals surface area contributed by atoms with Crippen LogP contribution < -0.4 is 4.90 Å². The number of ether oxygens (including phenoxy) is 1. The summed E-state index contributed by atoms with van der Waals surface area (Å²) in [6.45, 7) is 3.64. The first-order chi connectivity index (χ1) is 12.7. The van der Waals surface area contributed by atoms with Gasteiger partial charge in [0.05, 0.1) is 19.0 Å². The van der Waals surface area contributed by atoms with Gasteiger partial charge in [-0.25, -0.2) is 9.97 Å². The van der Waals surface area contributed by atoms with E-state index in [1.54, 1.807) is 17.7 Å². The lowest BCUT2D eigenvalue weighted by atomic mass is 10.2. The topological polar surface area (TPSA) is 58.6 Å². The fourth-order valence-corrected chi connectivity index (χ4v) is 4.20. The van der Waals surface area contributed by atoms with E-state index in [0.29, 0.717) is 6.54 Å². The van der Waals surface area contributed by atoms with Gasteiger partial charge in [-0.1, -0.05) is 30.3 Å². The molecule has 1 aliphatic rings. The van der Waals surface area contributed by atoms with Gasteiger partial charge < -0.3 is 9.64 Å². The summed E-state index contributed by atoms with van der Waals surface area (Å²) < 4.78 is 4.75. The molecule has 4 rings (SSSR count). The zero-order chi connectivity index (χ0) is 17.9. The van der Waals surface area contributed by atoms with Crippen LogP contribution in [0.5, 0.6) is 0 Å². The lowest BCUT2D eigenvalue weighted by molar-refractivity contribution is -0.142. The van der Waals surface area contributed by atoms with Crippen molar-refractivity contribution in [2.24, 2.45) is 0 Å². The van der Waals surface area contributed by atoms with Crippen LogP contribution in [0.2, 0.25) is 0 Å². The second-order valence-corrected chi connectivity index (χ2v) is 7.26. The Kier molecular flexibility index (Phi) is 4.81. The van der Waals surface area contributed by atoms with E-state index in [-0.39, 0.29) is 5.97 Å². The number of methoxy groups -OCH3 is 1. The van der Waals surface area contributed by atoms with Gasteiger partial charge in [-0.05, 0) is 11.6 Å². The number of thiophene rings is 1. The second-order valence-electron chi connectivity index (χ2n) is 6.23. The Morgan fingerprint density at radius 3 is 2.65 bits per heavy atom. The summed E-state index contributed by atoms with van der Waals surface area (Å²) in [5.41, 5.74) is 1.20. The van der Waals surface area contributed by atoms with Crippen molar-refractivity contribution in [2.75, 3.05) is 44.7 Å². The quantitative estimate of drug-likeness (QED) is 0.660. The summed E-state index contributed by atoms with van der Waals surface area (Å²) in [6, 6.07) is 12.5. The number of hydrogen-bond donors (Lipinski definition) is 0. The highest BCUT2D eigenvalue weighted by Crippen LogP contribution is 2.36. The Morgan fingerprint density at radius 2 is 1.92 bits per heavy atom. The molecule has 7 heteroatoms. The Hall–Kier alpha value is -2.51. The molecule has 0 radical (unpaired) electrons. The van der Waals surface area contributed by atoms with Gasteiger partial charge >= 0.3 is 5.97 Å². The number of nitrogens with zero attached hydrogens (tertiary/aromatic N) is 4. The molecule has 0 unspecified atom stereocenters. The molecule has 0 amide bonds. The predicted molar refractivity (Wildman–Crippen MR) is 104 cm³/mol. The highest BCUT2D eigenvalue weighted by Gasteiger charge is 2.22. The first kappa shape index (κ1) is 16.9. The molecule has 1 fully saturated rings. The highest BCUT2D eigenvalue weighted by molar-refractivity contribution is 7.21. The number of anilines is 1. The van der Waals surface area contributed by atoms with Crippen molar-refractivity contribution in [1.82, 2.24) is 14.9 Å². The van der Waals surface area contributed by atoms with Crippen molar-refractivity contribution in [2.45, 2.75) is 0 Å². The summed E-state index contributed by atoms with van der Waals surface area (Å²) in [5, 5.41) is 1.10. The number of piperazine rings is 1. The van der Waals surface area contributed by atoms with Gasteiger partial charge in [0.15, 0.2) is 0 Å². The summed E-state index contributed by atoms with van der Waals surface area (Å²) in [6.07, 6.45) is 1.64. The van der Waals surface area contributed by atoms with E-state index in [0.717, 1.165) is 42.2 Å². The summed E-state index contributed by atoms with van der Waals surface area (Å²) in [5.74, 6) is 0.791. The van der Waals surface area contributed by atoms with Crippen LogP contribution in [-0.2, 0) is 9.53 Å². The van der Waals surface area contributed by atoms with Crippen molar-refractivity contribution in [3.05, 3.63) is 42.7 Å². The van der Waals surface area contributed by atoms with Crippen LogP contribution >= 0.6 is 11.3 Å². The smallest absolute Gasteiger partial charge is 0.319 e. The SMILES string of the molecule is COC(=O)CN1CCN(c2ncnc3sc(-c4ccccc4)cc23)CC1. The maximum atomic E-state index is 11.4. The zero-order valence-electron chi connectivity index (χ0n) is 14.6. The molecule has 26 heavy (non-hydrogen) atoms. The molecule has 0 aliphatic carbocycles. The third kappa shape index (κ3) is 3.40. The minimum atomic E-state index is -0.187. The number of carbonyl (C=O) groups excluding carboxylic acids is 1. The van der Waals surface area contributed by atoms with Crippen LogP contribution in [-0.4, -0.2) is 60.7 Å². The van der Waals surface area contributed by atoms with Crippen LogP contribution in [0.3, 0.4) is 0 Å². The Morgan fingerprint density at radius 1 is 1.15 bits per heavy atom. The van der Waals surface area contributed by atoms with Crippen molar-refractivity contribution in [3.63, 3.8) is 0 Å². The Balaban J connectivity index is 1.56. The molecular formula is C19H20N4O2S. The van der Waals surface area contributed by atoms with Gasteiger partial charge in [0, 0.05) is 31.1 Å². The normalized spacial score (nSPS) is 15.3. The largest absolute Gasteiger partial charge is 0.468 e. The standard InChI is InChI=1S/C19H20N4O2S/c1-25-17(24)12-22-7-9-23(10-8-22)18-15-11-16(14-5-3-2-4-6-14)26-19(15)21-13-20-18/h2-6,11,13H,7-10,12H2,1H3. The number of aromatic nitrogens is 2. The molecule has 1 aliphatic heterocycles. The van der Waals surface area contributed by atoms with Crippen molar-refractivity contribution < 1.29 is 9.53 Å². The summed E-state index contributed by atoms with van der Waals surface area (Å²) >= 11 is 1.69. The molecule has 0 bridgehead atoms. The number of fused-ring (bicyclic) bond motifs is 1. The molecule has 1 aromatic carbocycles. The van der Waals surface area contributed by atoms with E-state index < -0.39 is 0 Å². The Bertz CT molecular complexity index is 904. The van der Waals surface area contributed by atoms with Gasteiger partial charge in [0.2, 0.25) is 0 Å². The summed E-state index contributed by atoms with van der Waals surface area (Å²) in [4.78, 5) is 27.1. The van der Waals surface area contributed by atoms with Crippen LogP contribution in [0.25, 0.3) is 20.7 Å². The Labute approximate surface area is 156 Å². The van der Waals surface area contributed by atoms with Gasteiger partial charge in [-0.3, -0.25) is 9.69 Å². The van der Waals surface area contributed by atoms with Crippen molar-refractivity contribution in [1.29, 1.82) is 0 Å². The molecule has 0 N–H and O–H groups in total. The maximum absolute atomic E-state index is 11.4. The van der Waals surface area contributed by atoms with Crippen LogP contribution in [0.15, 0.2) is 42.7 Å². The lowest BCUT2D eigenvalue weighted by Gasteiger charge is -2.34. The van der Waals surface area contributed by atoms with Crippen LogP contribution in [0.4, 0.5) is 5.82 Å². The third-order valence-electron chi connectivity index (χ3n) is 4.62. The van der Waals surface area contributed by atoms with Gasteiger partial charge in [0.25, 0.3) is 0 Å². The van der Waals surface area contributed by atoms with E-state index in [4.69, 9.17) is 4.74 Å². The monoisotopic (exact) mass is 368 g/mol. The minimum absolute atomic E-state index is 0.187. The van der Waals surface area contributed by atoms with E-state index in [1.807, 2.05) is 18.2 Å². The fraction of sp³-hybridized carbons (Fsp3) is 0.316. The first-order valence-corrected chi connectivity index (χ1v) is 9.40. The average molecular weight is 368 g/mol. The molecule has 6 nitrogen and oxygen atoms in total. The highest BCUT2D eigenvalue weighted by atomic mass is 32.1. The molecule has 0 saturated carbocycles. The van der Waals surface area contributed by atoms with Crippen LogP contribution in [0.1, 0.15) is 0 Å². The second kappa shape index (κ2) is 7.39. The van der Waals surface area contributed by atoms with Gasteiger partial charge in [-0.2, -0.15) is 0 Å². The molecule has 0 spiro atoms. The molecule has 1 saturated heterocycles. The predicted octanol–water partition coefficient (Wildman–Crippen LogP) is 2.65. The first-order valence-electron chi connectivity index (χ1n) is 8.58. The van der Waals surface area contributed by atoms with E-state index in [9.17, 15) is 4.79 Å². The number of esters is 1. The molecule has 3 aromatic rings. The zero-order valence-corrected chi connectivity index (χ0v) is 15.4. The molecule has 0 atom stereocenters. The number of rotatable bonds is 4. The van der Waals surface area contributed by atoms with E-state index in [1.165, 1.54) is 17.6 Å². The fourth-order valence-electron chi connectivity index (χ4n) is 3.20. The summed E-state index contributed by atoms with van der Waals surface area (Å²) in [7, 11) is 1.43. The molecule has 3 heterocycles. The number of hydrogen-bond acceptors (Lipinski definition) is 7. The van der Waals surface area contributed by atoms with Crippen molar-refractivity contribution in [3.8, 4) is 10.4 Å². The average Bonchev–Trinajstić information content (AvgIpc) is 3.13. The molecular weight excluding hydrogens is 348 g/mol. The molecule has 134 valence electrons. The number of benzene rings is 1. The lowest BCUT2D eigenvalue weighted by Crippen LogP contribution is -2.48. The van der Waals surface area contributed by atoms with Crippen LogP contribution in [0, 0.1) is 0 Å². The van der Waals surface area contributed by atoms with Gasteiger partial charge in [0.1, 0.15) is 17.0 Å². The van der Waals surface area contributed by atoms with E-state index in [2.05, 4.69) is 38.0 Å². The maximum Gasteiger partial charge on any atom is 0.319 e. The van der Waals surface area contributed by atoms with Crippen molar-refractivity contribution >= 4 is 33.3 Å².